The topological polar surface area (TPSA) is 49.6 Å². The fourth-order valence-electron chi connectivity index (χ4n) is 2.41. The van der Waals surface area contributed by atoms with E-state index in [0.29, 0.717) is 19.0 Å². The van der Waals surface area contributed by atoms with Gasteiger partial charge in [-0.25, -0.2) is 0 Å². The minimum Gasteiger partial charge on any atom is -0.343 e. The highest BCUT2D eigenvalue weighted by Gasteiger charge is 2.24. The second-order valence-corrected chi connectivity index (χ2v) is 4.75. The molecule has 0 saturated heterocycles. The van der Waals surface area contributed by atoms with Crippen LogP contribution in [-0.4, -0.2) is 54.0 Å². The highest BCUT2D eigenvalue weighted by Crippen LogP contribution is 2.12. The molecule has 4 heteroatoms. The van der Waals surface area contributed by atoms with Gasteiger partial charge in [0.2, 0.25) is 5.91 Å². The maximum atomic E-state index is 12.1. The summed E-state index contributed by atoms with van der Waals surface area (Å²) in [5.41, 5.74) is 5.86. The molecule has 0 heterocycles. The van der Waals surface area contributed by atoms with Crippen LogP contribution in [0.4, 0.5) is 0 Å². The summed E-state index contributed by atoms with van der Waals surface area (Å²) in [5, 5.41) is 0. The summed E-state index contributed by atoms with van der Waals surface area (Å²) >= 11 is 0. The van der Waals surface area contributed by atoms with Gasteiger partial charge in [0, 0.05) is 38.1 Å². The molecule has 2 atom stereocenters. The standard InChI is InChI=1S/C14H31N3O/c1-6-12(5)17(9-4)13(11-15)10-14(18)16(7-2)8-3/h12-13H,6-11,15H2,1-5H3. The Balaban J connectivity index is 4.61. The molecule has 2 N–H and O–H groups in total. The summed E-state index contributed by atoms with van der Waals surface area (Å²) in [6.45, 7) is 13.6. The van der Waals surface area contributed by atoms with Crippen molar-refractivity contribution >= 4 is 5.91 Å². The van der Waals surface area contributed by atoms with Crippen LogP contribution < -0.4 is 5.73 Å². The first-order valence-electron chi connectivity index (χ1n) is 7.29. The zero-order valence-electron chi connectivity index (χ0n) is 12.8. The number of hydrogen-bond donors (Lipinski definition) is 1. The zero-order chi connectivity index (χ0) is 14.1. The predicted molar refractivity (Wildman–Crippen MR) is 77.5 cm³/mol. The molecule has 0 rings (SSSR count). The van der Waals surface area contributed by atoms with Gasteiger partial charge < -0.3 is 10.6 Å². The lowest BCUT2D eigenvalue weighted by Gasteiger charge is -2.35. The van der Waals surface area contributed by atoms with Crippen LogP contribution in [0.2, 0.25) is 0 Å². The van der Waals surface area contributed by atoms with Gasteiger partial charge in [-0.3, -0.25) is 9.69 Å². The third-order valence-electron chi connectivity index (χ3n) is 3.79. The molecule has 18 heavy (non-hydrogen) atoms. The number of amides is 1. The van der Waals surface area contributed by atoms with Crippen LogP contribution in [0.3, 0.4) is 0 Å². The third-order valence-corrected chi connectivity index (χ3v) is 3.79. The maximum Gasteiger partial charge on any atom is 0.224 e. The Hall–Kier alpha value is -0.610. The van der Waals surface area contributed by atoms with E-state index in [2.05, 4.69) is 25.7 Å². The molecule has 0 bridgehead atoms. The first-order chi connectivity index (χ1) is 8.55. The molecule has 1 amide bonds. The van der Waals surface area contributed by atoms with Crippen LogP contribution in [0.15, 0.2) is 0 Å². The maximum absolute atomic E-state index is 12.1. The monoisotopic (exact) mass is 257 g/mol. The first-order valence-corrected chi connectivity index (χ1v) is 7.29. The SMILES string of the molecule is CCC(C)N(CC)C(CN)CC(=O)N(CC)CC. The van der Waals surface area contributed by atoms with Crippen LogP contribution in [0.1, 0.15) is 47.5 Å². The normalized spacial score (nSPS) is 14.6. The van der Waals surface area contributed by atoms with Gasteiger partial charge in [-0.2, -0.15) is 0 Å². The largest absolute Gasteiger partial charge is 0.343 e. The molecule has 0 aromatic rings. The van der Waals surface area contributed by atoms with Crippen LogP contribution >= 0.6 is 0 Å². The lowest BCUT2D eigenvalue weighted by atomic mass is 10.1. The average molecular weight is 257 g/mol. The summed E-state index contributed by atoms with van der Waals surface area (Å²) in [6, 6.07) is 0.645. The second kappa shape index (κ2) is 9.34. The van der Waals surface area contributed by atoms with Crippen molar-refractivity contribution in [1.82, 2.24) is 9.80 Å². The van der Waals surface area contributed by atoms with Gasteiger partial charge in [0.15, 0.2) is 0 Å². The lowest BCUT2D eigenvalue weighted by Crippen LogP contribution is -2.48. The van der Waals surface area contributed by atoms with Gasteiger partial charge in [0.05, 0.1) is 0 Å². The number of rotatable bonds is 9. The van der Waals surface area contributed by atoms with Crippen molar-refractivity contribution in [3.8, 4) is 0 Å². The Morgan fingerprint density at radius 1 is 1.11 bits per heavy atom. The minimum atomic E-state index is 0.165. The smallest absolute Gasteiger partial charge is 0.224 e. The van der Waals surface area contributed by atoms with Gasteiger partial charge in [0.1, 0.15) is 0 Å². The van der Waals surface area contributed by atoms with Crippen molar-refractivity contribution in [1.29, 1.82) is 0 Å². The Labute approximate surface area is 113 Å². The van der Waals surface area contributed by atoms with Crippen molar-refractivity contribution in [2.24, 2.45) is 5.73 Å². The average Bonchev–Trinajstić information content (AvgIpc) is 2.39. The number of carbonyl (C=O) groups excluding carboxylic acids is 1. The molecule has 0 aromatic carbocycles. The van der Waals surface area contributed by atoms with Crippen LogP contribution in [0.5, 0.6) is 0 Å². The van der Waals surface area contributed by atoms with Crippen molar-refractivity contribution in [3.63, 3.8) is 0 Å². The quantitative estimate of drug-likeness (QED) is 0.684. The van der Waals surface area contributed by atoms with Gasteiger partial charge in [-0.1, -0.05) is 13.8 Å². The Morgan fingerprint density at radius 2 is 1.67 bits per heavy atom. The van der Waals surface area contributed by atoms with Gasteiger partial charge in [0.25, 0.3) is 0 Å². The van der Waals surface area contributed by atoms with E-state index in [1.807, 2.05) is 18.7 Å². The van der Waals surface area contributed by atoms with Gasteiger partial charge >= 0.3 is 0 Å². The molecule has 0 aromatic heterocycles. The summed E-state index contributed by atoms with van der Waals surface area (Å²) < 4.78 is 0. The highest BCUT2D eigenvalue weighted by molar-refractivity contribution is 5.76. The summed E-state index contributed by atoms with van der Waals surface area (Å²) in [4.78, 5) is 16.4. The Morgan fingerprint density at radius 3 is 2.00 bits per heavy atom. The lowest BCUT2D eigenvalue weighted by molar-refractivity contribution is -0.132. The van der Waals surface area contributed by atoms with E-state index in [1.54, 1.807) is 0 Å². The number of nitrogens with zero attached hydrogens (tertiary/aromatic N) is 2. The number of likely N-dealkylation sites (N-methyl/N-ethyl adjacent to an activating group) is 1. The molecule has 4 nitrogen and oxygen atoms in total. The molecule has 0 saturated carbocycles. The van der Waals surface area contributed by atoms with E-state index in [-0.39, 0.29) is 11.9 Å². The minimum absolute atomic E-state index is 0.165. The summed E-state index contributed by atoms with van der Waals surface area (Å²) in [6.07, 6.45) is 1.63. The highest BCUT2D eigenvalue weighted by atomic mass is 16.2. The van der Waals surface area contributed by atoms with Crippen LogP contribution in [0.25, 0.3) is 0 Å². The van der Waals surface area contributed by atoms with Gasteiger partial charge in [-0.15, -0.1) is 0 Å². The molecular weight excluding hydrogens is 226 g/mol. The van der Waals surface area contributed by atoms with Crippen LogP contribution in [0, 0.1) is 0 Å². The second-order valence-electron chi connectivity index (χ2n) is 4.75. The van der Waals surface area contributed by atoms with E-state index < -0.39 is 0 Å². The Kier molecular flexibility index (Phi) is 9.02. The fraction of sp³-hybridized carbons (Fsp3) is 0.929. The molecule has 0 radical (unpaired) electrons. The van der Waals surface area contributed by atoms with Crippen molar-refractivity contribution < 1.29 is 4.79 Å². The van der Waals surface area contributed by atoms with E-state index in [0.717, 1.165) is 26.1 Å². The molecule has 0 aliphatic carbocycles. The van der Waals surface area contributed by atoms with Crippen molar-refractivity contribution in [2.75, 3.05) is 26.2 Å². The van der Waals surface area contributed by atoms with Gasteiger partial charge in [-0.05, 0) is 33.7 Å². The predicted octanol–water partition coefficient (Wildman–Crippen LogP) is 1.69. The molecule has 0 aliphatic rings. The molecule has 0 aliphatic heterocycles. The fourth-order valence-corrected chi connectivity index (χ4v) is 2.41. The molecular formula is C14H31N3O. The number of hydrogen-bond acceptors (Lipinski definition) is 3. The van der Waals surface area contributed by atoms with E-state index in [4.69, 9.17) is 5.73 Å². The summed E-state index contributed by atoms with van der Waals surface area (Å²) in [7, 11) is 0. The first kappa shape index (κ1) is 17.4. The number of carbonyl (C=O) groups is 1. The molecule has 108 valence electrons. The van der Waals surface area contributed by atoms with E-state index >= 15 is 0 Å². The Bertz CT molecular complexity index is 229. The molecule has 0 fully saturated rings. The van der Waals surface area contributed by atoms with Crippen LogP contribution in [-0.2, 0) is 4.79 Å². The van der Waals surface area contributed by atoms with E-state index in [1.165, 1.54) is 0 Å². The van der Waals surface area contributed by atoms with Crippen molar-refractivity contribution in [3.05, 3.63) is 0 Å². The molecule has 0 spiro atoms. The van der Waals surface area contributed by atoms with E-state index in [9.17, 15) is 4.79 Å². The van der Waals surface area contributed by atoms with Crippen molar-refractivity contribution in [2.45, 2.75) is 59.5 Å². The zero-order valence-corrected chi connectivity index (χ0v) is 12.8. The number of nitrogens with two attached hydrogens (primary N) is 1. The third kappa shape index (κ3) is 4.94. The molecule has 2 unspecified atom stereocenters. The summed E-state index contributed by atoms with van der Waals surface area (Å²) in [5.74, 6) is 0.220.